The number of H-pyrrole nitrogens is 1. The summed E-state index contributed by atoms with van der Waals surface area (Å²) in [5.74, 6) is 0.204. The number of ether oxygens (including phenoxy) is 1. The highest BCUT2D eigenvalue weighted by atomic mass is 19.2. The minimum absolute atomic E-state index is 0.0141. The SMILES string of the molecule is CNc1nccc(-c2ccccc2Oc2ccc(Nc3nc4ccc(F)c(F)c4[nH]3)cc2)n1. The van der Waals surface area contributed by atoms with Crippen molar-refractivity contribution >= 4 is 28.6 Å². The van der Waals surface area contributed by atoms with Gasteiger partial charge < -0.3 is 20.4 Å². The highest BCUT2D eigenvalue weighted by molar-refractivity contribution is 5.79. The van der Waals surface area contributed by atoms with Crippen molar-refractivity contribution in [3.05, 3.63) is 84.6 Å². The van der Waals surface area contributed by atoms with E-state index in [1.165, 1.54) is 6.07 Å². The Bertz CT molecular complexity index is 1440. The Morgan fingerprint density at radius 2 is 1.73 bits per heavy atom. The molecule has 0 spiro atoms. The second-order valence-electron chi connectivity index (χ2n) is 7.10. The average molecular weight is 444 g/mol. The Hall–Kier alpha value is -4.53. The molecule has 0 aliphatic heterocycles. The molecule has 0 atom stereocenters. The van der Waals surface area contributed by atoms with E-state index in [-0.39, 0.29) is 5.52 Å². The largest absolute Gasteiger partial charge is 0.457 e. The van der Waals surface area contributed by atoms with Crippen LogP contribution < -0.4 is 15.4 Å². The number of fused-ring (bicyclic) bond motifs is 1. The maximum absolute atomic E-state index is 13.9. The van der Waals surface area contributed by atoms with Crippen molar-refractivity contribution in [3.8, 4) is 22.8 Å². The summed E-state index contributed by atoms with van der Waals surface area (Å²) in [6, 6.07) is 19.1. The van der Waals surface area contributed by atoms with Gasteiger partial charge in [-0.2, -0.15) is 0 Å². The van der Waals surface area contributed by atoms with Crippen LogP contribution >= 0.6 is 0 Å². The predicted octanol–water partition coefficient (Wildman–Crippen LogP) is 5.88. The number of aromatic amines is 1. The van der Waals surface area contributed by atoms with Crippen LogP contribution in [0, 0.1) is 11.6 Å². The van der Waals surface area contributed by atoms with E-state index in [0.717, 1.165) is 17.3 Å². The maximum Gasteiger partial charge on any atom is 0.222 e. The van der Waals surface area contributed by atoms with E-state index in [4.69, 9.17) is 4.74 Å². The van der Waals surface area contributed by atoms with Gasteiger partial charge in [0.2, 0.25) is 11.9 Å². The molecule has 5 rings (SSSR count). The zero-order valence-electron chi connectivity index (χ0n) is 17.4. The van der Waals surface area contributed by atoms with Gasteiger partial charge in [0, 0.05) is 24.5 Å². The fourth-order valence-electron chi connectivity index (χ4n) is 3.34. The summed E-state index contributed by atoms with van der Waals surface area (Å²) in [5.41, 5.74) is 2.61. The zero-order valence-corrected chi connectivity index (χ0v) is 17.4. The van der Waals surface area contributed by atoms with E-state index in [9.17, 15) is 8.78 Å². The first kappa shape index (κ1) is 20.4. The zero-order chi connectivity index (χ0) is 22.8. The fraction of sp³-hybridized carbons (Fsp3) is 0.0417. The molecule has 0 saturated carbocycles. The Morgan fingerprint density at radius 3 is 2.55 bits per heavy atom. The fourth-order valence-corrected chi connectivity index (χ4v) is 3.34. The summed E-state index contributed by atoms with van der Waals surface area (Å²) in [7, 11) is 1.76. The van der Waals surface area contributed by atoms with Crippen LogP contribution in [0.4, 0.5) is 26.4 Å². The lowest BCUT2D eigenvalue weighted by Crippen LogP contribution is -1.97. The molecule has 0 aliphatic carbocycles. The standard InChI is InChI=1S/C24H18F2N6O/c1-27-23-28-13-12-18(30-23)16-4-2-3-5-20(16)33-15-8-6-14(7-9-15)29-24-31-19-11-10-17(25)21(26)22(19)32-24/h2-13H,1H3,(H,27,28,30)(H2,29,31,32). The summed E-state index contributed by atoms with van der Waals surface area (Å²) < 4.78 is 33.4. The number of nitrogens with one attached hydrogen (secondary N) is 3. The third-order valence-electron chi connectivity index (χ3n) is 4.94. The van der Waals surface area contributed by atoms with E-state index in [0.29, 0.717) is 34.6 Å². The molecule has 2 heterocycles. The summed E-state index contributed by atoms with van der Waals surface area (Å²) in [6.45, 7) is 0. The molecule has 3 aromatic carbocycles. The molecular weight excluding hydrogens is 426 g/mol. The van der Waals surface area contributed by atoms with Gasteiger partial charge in [0.15, 0.2) is 11.6 Å². The predicted molar refractivity (Wildman–Crippen MR) is 123 cm³/mol. The highest BCUT2D eigenvalue weighted by Crippen LogP contribution is 2.33. The number of aromatic nitrogens is 4. The Kier molecular flexibility index (Phi) is 5.27. The van der Waals surface area contributed by atoms with Crippen molar-refractivity contribution in [1.82, 2.24) is 19.9 Å². The molecular formula is C24H18F2N6O. The van der Waals surface area contributed by atoms with Crippen molar-refractivity contribution < 1.29 is 13.5 Å². The molecule has 2 aromatic heterocycles. The molecule has 9 heteroatoms. The molecule has 3 N–H and O–H groups in total. The van der Waals surface area contributed by atoms with Gasteiger partial charge in [-0.25, -0.2) is 23.7 Å². The molecule has 33 heavy (non-hydrogen) atoms. The topological polar surface area (TPSA) is 87.8 Å². The number of para-hydroxylation sites is 1. The van der Waals surface area contributed by atoms with Crippen LogP contribution in [0.15, 0.2) is 72.9 Å². The summed E-state index contributed by atoms with van der Waals surface area (Å²) in [4.78, 5) is 15.6. The van der Waals surface area contributed by atoms with Gasteiger partial charge in [-0.15, -0.1) is 0 Å². The van der Waals surface area contributed by atoms with Crippen LogP contribution in [0.2, 0.25) is 0 Å². The number of hydrogen-bond acceptors (Lipinski definition) is 6. The van der Waals surface area contributed by atoms with Crippen LogP contribution in [0.5, 0.6) is 11.5 Å². The smallest absolute Gasteiger partial charge is 0.222 e. The summed E-state index contributed by atoms with van der Waals surface area (Å²) >= 11 is 0. The molecule has 0 aliphatic rings. The van der Waals surface area contributed by atoms with Gasteiger partial charge in [-0.05, 0) is 54.6 Å². The number of benzene rings is 3. The van der Waals surface area contributed by atoms with E-state index < -0.39 is 11.6 Å². The third kappa shape index (κ3) is 4.16. The lowest BCUT2D eigenvalue weighted by molar-refractivity contribution is 0.484. The maximum atomic E-state index is 13.9. The Morgan fingerprint density at radius 1 is 0.909 bits per heavy atom. The van der Waals surface area contributed by atoms with Crippen LogP contribution in [0.3, 0.4) is 0 Å². The van der Waals surface area contributed by atoms with Crippen LogP contribution in [0.1, 0.15) is 0 Å². The van der Waals surface area contributed by atoms with Gasteiger partial charge in [-0.3, -0.25) is 0 Å². The quantitative estimate of drug-likeness (QED) is 0.303. The monoisotopic (exact) mass is 444 g/mol. The molecule has 0 bridgehead atoms. The van der Waals surface area contributed by atoms with Crippen LogP contribution in [-0.2, 0) is 0 Å². The van der Waals surface area contributed by atoms with Gasteiger partial charge in [-0.1, -0.05) is 12.1 Å². The first-order valence-corrected chi connectivity index (χ1v) is 10.1. The third-order valence-corrected chi connectivity index (χ3v) is 4.94. The first-order valence-electron chi connectivity index (χ1n) is 10.1. The second kappa shape index (κ2) is 8.54. The molecule has 7 nitrogen and oxygen atoms in total. The van der Waals surface area contributed by atoms with Crippen molar-refractivity contribution in [2.24, 2.45) is 0 Å². The Labute approximate surface area is 187 Å². The van der Waals surface area contributed by atoms with Crippen LogP contribution in [-0.4, -0.2) is 27.0 Å². The summed E-state index contributed by atoms with van der Waals surface area (Å²) in [5, 5.41) is 5.98. The highest BCUT2D eigenvalue weighted by Gasteiger charge is 2.12. The van der Waals surface area contributed by atoms with Gasteiger partial charge in [0.25, 0.3) is 0 Å². The number of nitrogens with zero attached hydrogens (tertiary/aromatic N) is 3. The lowest BCUT2D eigenvalue weighted by Gasteiger charge is -2.12. The van der Waals surface area contributed by atoms with E-state index in [1.807, 2.05) is 30.3 Å². The summed E-state index contributed by atoms with van der Waals surface area (Å²) in [6.07, 6.45) is 1.68. The molecule has 164 valence electrons. The van der Waals surface area contributed by atoms with Gasteiger partial charge >= 0.3 is 0 Å². The van der Waals surface area contributed by atoms with E-state index >= 15 is 0 Å². The minimum atomic E-state index is -0.957. The van der Waals surface area contributed by atoms with Gasteiger partial charge in [0.1, 0.15) is 17.0 Å². The molecule has 0 amide bonds. The number of halogens is 2. The number of hydrogen-bond donors (Lipinski definition) is 3. The van der Waals surface area contributed by atoms with Crippen LogP contribution in [0.25, 0.3) is 22.3 Å². The van der Waals surface area contributed by atoms with Crippen molar-refractivity contribution in [2.45, 2.75) is 0 Å². The number of anilines is 3. The van der Waals surface area contributed by atoms with Crippen molar-refractivity contribution in [3.63, 3.8) is 0 Å². The van der Waals surface area contributed by atoms with E-state index in [2.05, 4.69) is 30.6 Å². The number of imidazole rings is 1. The molecule has 0 fully saturated rings. The minimum Gasteiger partial charge on any atom is -0.457 e. The van der Waals surface area contributed by atoms with Crippen molar-refractivity contribution in [2.75, 3.05) is 17.7 Å². The second-order valence-corrected chi connectivity index (χ2v) is 7.10. The van der Waals surface area contributed by atoms with Crippen molar-refractivity contribution in [1.29, 1.82) is 0 Å². The first-order chi connectivity index (χ1) is 16.1. The molecule has 0 unspecified atom stereocenters. The Balaban J connectivity index is 1.35. The van der Waals surface area contributed by atoms with E-state index in [1.54, 1.807) is 37.5 Å². The number of rotatable bonds is 6. The molecule has 0 saturated heterocycles. The molecule has 0 radical (unpaired) electrons. The lowest BCUT2D eigenvalue weighted by atomic mass is 10.1. The van der Waals surface area contributed by atoms with Gasteiger partial charge in [0.05, 0.1) is 11.2 Å². The average Bonchev–Trinajstić information content (AvgIpc) is 3.26. The molecule has 5 aromatic rings. The normalized spacial score (nSPS) is 10.9.